The van der Waals surface area contributed by atoms with Gasteiger partial charge in [-0.25, -0.2) is 0 Å². The monoisotopic (exact) mass is 479 g/mol. The fraction of sp³-hybridized carbons (Fsp3) is 0.207. The molecule has 3 heterocycles. The molecule has 0 atom stereocenters. The van der Waals surface area contributed by atoms with E-state index in [1.165, 1.54) is 5.56 Å². The Morgan fingerprint density at radius 3 is 2.47 bits per heavy atom. The van der Waals surface area contributed by atoms with Gasteiger partial charge >= 0.3 is 0 Å². The number of aromatic nitrogens is 2. The van der Waals surface area contributed by atoms with Crippen LogP contribution in [0.1, 0.15) is 24.5 Å². The molecule has 1 aliphatic rings. The van der Waals surface area contributed by atoms with E-state index in [4.69, 9.17) is 0 Å². The average molecular weight is 480 g/mol. The molecule has 7 nitrogen and oxygen atoms in total. The number of pyridine rings is 1. The first-order chi connectivity index (χ1) is 17.6. The fourth-order valence-corrected chi connectivity index (χ4v) is 4.69. The minimum Gasteiger partial charge on any atom is -0.350 e. The maximum absolute atomic E-state index is 12.9. The second-order valence-electron chi connectivity index (χ2n) is 8.86. The zero-order chi connectivity index (χ0) is 24.9. The number of para-hydroxylation sites is 2. The number of hydrogen-bond donors (Lipinski definition) is 2. The van der Waals surface area contributed by atoms with Crippen molar-refractivity contribution in [3.05, 3.63) is 102 Å². The summed E-state index contributed by atoms with van der Waals surface area (Å²) in [6, 6.07) is 21.6. The number of fused-ring (bicyclic) bond motifs is 1. The van der Waals surface area contributed by atoms with Crippen molar-refractivity contribution < 1.29 is 9.59 Å². The van der Waals surface area contributed by atoms with E-state index in [0.29, 0.717) is 5.57 Å². The Labute approximate surface area is 210 Å². The molecule has 2 aromatic carbocycles. The lowest BCUT2D eigenvalue weighted by atomic mass is 10.0. The van der Waals surface area contributed by atoms with Crippen LogP contribution in [0.4, 0.5) is 5.69 Å². The smallest absolute Gasteiger partial charge is 0.275 e. The topological polar surface area (TPSA) is 79.3 Å². The van der Waals surface area contributed by atoms with Crippen LogP contribution in [0.2, 0.25) is 0 Å². The van der Waals surface area contributed by atoms with Crippen molar-refractivity contribution in [2.24, 2.45) is 0 Å². The Morgan fingerprint density at radius 2 is 1.69 bits per heavy atom. The van der Waals surface area contributed by atoms with E-state index in [1.807, 2.05) is 67.1 Å². The van der Waals surface area contributed by atoms with Gasteiger partial charge in [0, 0.05) is 60.4 Å². The number of imide groups is 1. The van der Waals surface area contributed by atoms with E-state index in [9.17, 15) is 9.59 Å². The van der Waals surface area contributed by atoms with E-state index >= 15 is 0 Å². The van der Waals surface area contributed by atoms with E-state index in [0.717, 1.165) is 54.8 Å². The highest BCUT2D eigenvalue weighted by Gasteiger charge is 2.33. The largest absolute Gasteiger partial charge is 0.350 e. The molecule has 5 rings (SSSR count). The quantitative estimate of drug-likeness (QED) is 0.329. The summed E-state index contributed by atoms with van der Waals surface area (Å²) in [5.74, 6) is -0.791. The van der Waals surface area contributed by atoms with Crippen LogP contribution in [0.5, 0.6) is 0 Å². The van der Waals surface area contributed by atoms with Gasteiger partial charge < -0.3 is 9.88 Å². The summed E-state index contributed by atoms with van der Waals surface area (Å²) in [6.07, 6.45) is 6.62. The molecule has 0 saturated heterocycles. The first-order valence-electron chi connectivity index (χ1n) is 12.3. The first-order valence-corrected chi connectivity index (χ1v) is 12.3. The molecule has 4 aromatic rings. The predicted octanol–water partition coefficient (Wildman–Crippen LogP) is 4.43. The zero-order valence-electron chi connectivity index (χ0n) is 20.3. The number of benzene rings is 2. The van der Waals surface area contributed by atoms with Gasteiger partial charge in [-0.3, -0.25) is 24.8 Å². The Kier molecular flexibility index (Phi) is 6.91. The van der Waals surface area contributed by atoms with Crippen LogP contribution in [-0.4, -0.2) is 39.4 Å². The van der Waals surface area contributed by atoms with Gasteiger partial charge in [0.1, 0.15) is 5.70 Å². The van der Waals surface area contributed by atoms with Gasteiger partial charge in [-0.1, -0.05) is 43.3 Å². The van der Waals surface area contributed by atoms with Crippen molar-refractivity contribution in [3.8, 4) is 0 Å². The summed E-state index contributed by atoms with van der Waals surface area (Å²) in [5.41, 5.74) is 4.48. The molecule has 0 radical (unpaired) electrons. The van der Waals surface area contributed by atoms with Crippen LogP contribution < -0.4 is 10.6 Å². The lowest BCUT2D eigenvalue weighted by molar-refractivity contribution is -0.123. The third-order valence-electron chi connectivity index (χ3n) is 6.51. The van der Waals surface area contributed by atoms with Crippen molar-refractivity contribution in [2.45, 2.75) is 26.4 Å². The third kappa shape index (κ3) is 4.92. The Morgan fingerprint density at radius 1 is 0.944 bits per heavy atom. The minimum atomic E-state index is -0.412. The van der Waals surface area contributed by atoms with Crippen LogP contribution in [-0.2, 0) is 22.7 Å². The molecule has 0 fully saturated rings. The number of hydrogen-bond acceptors (Lipinski definition) is 5. The van der Waals surface area contributed by atoms with E-state index in [2.05, 4.69) is 50.2 Å². The summed E-state index contributed by atoms with van der Waals surface area (Å²) >= 11 is 0. The van der Waals surface area contributed by atoms with Gasteiger partial charge in [-0.2, -0.15) is 0 Å². The molecular formula is C29H29N5O2. The highest BCUT2D eigenvalue weighted by molar-refractivity contribution is 6.38. The molecule has 182 valence electrons. The van der Waals surface area contributed by atoms with Crippen molar-refractivity contribution in [1.82, 2.24) is 19.8 Å². The summed E-state index contributed by atoms with van der Waals surface area (Å²) in [5, 5.41) is 6.58. The van der Waals surface area contributed by atoms with Crippen LogP contribution >= 0.6 is 0 Å². The highest BCUT2D eigenvalue weighted by atomic mass is 16.2. The number of amides is 2. The molecule has 36 heavy (non-hydrogen) atoms. The van der Waals surface area contributed by atoms with Crippen LogP contribution in [0.25, 0.3) is 16.5 Å². The first kappa shape index (κ1) is 23.5. The number of nitrogens with one attached hydrogen (secondary N) is 2. The molecule has 2 N–H and O–H groups in total. The lowest BCUT2D eigenvalue weighted by Crippen LogP contribution is -2.24. The molecule has 2 amide bonds. The number of rotatable bonds is 10. The predicted molar refractivity (Wildman–Crippen MR) is 142 cm³/mol. The van der Waals surface area contributed by atoms with Crippen LogP contribution in [0.15, 0.2) is 91.0 Å². The Balaban J connectivity index is 1.40. The van der Waals surface area contributed by atoms with Gasteiger partial charge in [0.05, 0.1) is 5.57 Å². The number of nitrogens with zero attached hydrogens (tertiary/aromatic N) is 3. The van der Waals surface area contributed by atoms with Crippen molar-refractivity contribution >= 4 is 34.0 Å². The van der Waals surface area contributed by atoms with Crippen LogP contribution in [0, 0.1) is 0 Å². The van der Waals surface area contributed by atoms with E-state index in [1.54, 1.807) is 0 Å². The average Bonchev–Trinajstić information content (AvgIpc) is 3.40. The molecule has 0 saturated carbocycles. The van der Waals surface area contributed by atoms with Gasteiger partial charge in [-0.05, 0) is 48.9 Å². The zero-order valence-corrected chi connectivity index (χ0v) is 20.3. The number of carbonyl (C=O) groups excluding carboxylic acids is 2. The standard InChI is InChI=1S/C29H29N5O2/c1-2-33(19-21-13-15-30-16-14-21)17-8-18-34-20-24(23-11-6-7-12-25(23)34)26-27(29(36)32-28(26)35)31-22-9-4-3-5-10-22/h3-7,9-16,20H,2,8,17-19H2,1H3,(H2,31,32,35,36). The molecule has 1 aliphatic heterocycles. The SMILES string of the molecule is CCN(CCCn1cc(C2=C(Nc3ccccc3)C(=O)NC2=O)c2ccccc21)Cc1ccncc1. The van der Waals surface area contributed by atoms with Crippen molar-refractivity contribution in [1.29, 1.82) is 0 Å². The molecule has 0 spiro atoms. The number of carbonyl (C=O) groups is 2. The lowest BCUT2D eigenvalue weighted by Gasteiger charge is -2.20. The minimum absolute atomic E-state index is 0.281. The molecule has 2 aromatic heterocycles. The molecule has 7 heteroatoms. The van der Waals surface area contributed by atoms with Crippen molar-refractivity contribution in [3.63, 3.8) is 0 Å². The molecule has 0 bridgehead atoms. The summed E-state index contributed by atoms with van der Waals surface area (Å²) in [7, 11) is 0. The summed E-state index contributed by atoms with van der Waals surface area (Å²) in [4.78, 5) is 32.1. The molecule has 0 unspecified atom stereocenters. The third-order valence-corrected chi connectivity index (χ3v) is 6.51. The van der Waals surface area contributed by atoms with E-state index in [-0.39, 0.29) is 11.6 Å². The maximum Gasteiger partial charge on any atom is 0.275 e. The van der Waals surface area contributed by atoms with Gasteiger partial charge in [-0.15, -0.1) is 0 Å². The van der Waals surface area contributed by atoms with Crippen LogP contribution in [0.3, 0.4) is 0 Å². The second-order valence-corrected chi connectivity index (χ2v) is 8.86. The normalized spacial score (nSPS) is 13.6. The van der Waals surface area contributed by atoms with Crippen molar-refractivity contribution in [2.75, 3.05) is 18.4 Å². The van der Waals surface area contributed by atoms with Gasteiger partial charge in [0.15, 0.2) is 0 Å². The van der Waals surface area contributed by atoms with Gasteiger partial charge in [0.25, 0.3) is 11.8 Å². The number of anilines is 1. The van der Waals surface area contributed by atoms with E-state index < -0.39 is 5.91 Å². The Hall–Kier alpha value is -4.23. The Bertz CT molecular complexity index is 1410. The summed E-state index contributed by atoms with van der Waals surface area (Å²) < 4.78 is 2.19. The van der Waals surface area contributed by atoms with Gasteiger partial charge in [0.2, 0.25) is 0 Å². The maximum atomic E-state index is 12.9. The second kappa shape index (κ2) is 10.6. The molecular weight excluding hydrogens is 450 g/mol. The fourth-order valence-electron chi connectivity index (χ4n) is 4.69. The molecule has 0 aliphatic carbocycles. The highest BCUT2D eigenvalue weighted by Crippen LogP contribution is 2.32. The summed E-state index contributed by atoms with van der Waals surface area (Å²) in [6.45, 7) is 5.78. The number of aryl methyl sites for hydroxylation is 1.